The molecule has 0 radical (unpaired) electrons. The molecule has 1 aliphatic rings. The number of rotatable bonds is 7. The highest BCUT2D eigenvalue weighted by atomic mass is 19.1. The number of nitrogens with zero attached hydrogens (tertiary/aromatic N) is 1. The molecule has 4 nitrogen and oxygen atoms in total. The van der Waals surface area contributed by atoms with Gasteiger partial charge in [0.05, 0.1) is 18.8 Å². The van der Waals surface area contributed by atoms with Gasteiger partial charge in [-0.3, -0.25) is 4.90 Å². The van der Waals surface area contributed by atoms with E-state index in [4.69, 9.17) is 4.74 Å². The smallest absolute Gasteiger partial charge is 0.123 e. The van der Waals surface area contributed by atoms with Crippen molar-refractivity contribution >= 4 is 0 Å². The quantitative estimate of drug-likeness (QED) is 0.779. The van der Waals surface area contributed by atoms with Crippen LogP contribution < -0.4 is 0 Å². The molecule has 6 heteroatoms. The van der Waals surface area contributed by atoms with E-state index in [2.05, 4.69) is 0 Å². The summed E-state index contributed by atoms with van der Waals surface area (Å²) < 4.78 is 32.5. The highest BCUT2D eigenvalue weighted by Crippen LogP contribution is 2.27. The molecule has 27 heavy (non-hydrogen) atoms. The van der Waals surface area contributed by atoms with Crippen molar-refractivity contribution in [2.75, 3.05) is 26.2 Å². The van der Waals surface area contributed by atoms with Crippen LogP contribution in [-0.4, -0.2) is 53.6 Å². The maximum Gasteiger partial charge on any atom is 0.123 e. The average Bonchev–Trinajstić information content (AvgIpc) is 2.64. The molecule has 1 fully saturated rings. The first kappa shape index (κ1) is 19.9. The lowest BCUT2D eigenvalue weighted by molar-refractivity contribution is -0.0205. The summed E-state index contributed by atoms with van der Waals surface area (Å²) >= 11 is 0. The van der Waals surface area contributed by atoms with E-state index >= 15 is 0 Å². The minimum absolute atomic E-state index is 0.0754. The second kappa shape index (κ2) is 9.37. The average molecular weight is 377 g/mol. The van der Waals surface area contributed by atoms with Gasteiger partial charge in [-0.1, -0.05) is 24.3 Å². The summed E-state index contributed by atoms with van der Waals surface area (Å²) in [6.07, 6.45) is 0.0903. The SMILES string of the molecule is O[C@@H]1CCCN(C[C@@H](O)COC(c2ccc(F)cc2)c2ccc(F)cc2)C1. The predicted molar refractivity (Wildman–Crippen MR) is 98.3 cm³/mol. The fourth-order valence-electron chi connectivity index (χ4n) is 3.42. The van der Waals surface area contributed by atoms with E-state index in [0.29, 0.717) is 13.1 Å². The summed E-state index contributed by atoms with van der Waals surface area (Å²) in [5.74, 6) is -0.694. The lowest BCUT2D eigenvalue weighted by Gasteiger charge is -2.31. The van der Waals surface area contributed by atoms with Crippen LogP contribution >= 0.6 is 0 Å². The third-order valence-electron chi connectivity index (χ3n) is 4.75. The maximum absolute atomic E-state index is 13.3. The minimum atomic E-state index is -0.723. The van der Waals surface area contributed by atoms with Gasteiger partial charge < -0.3 is 14.9 Å². The van der Waals surface area contributed by atoms with Gasteiger partial charge in [-0.05, 0) is 54.8 Å². The fourth-order valence-corrected chi connectivity index (χ4v) is 3.42. The van der Waals surface area contributed by atoms with Gasteiger partial charge in [-0.15, -0.1) is 0 Å². The van der Waals surface area contributed by atoms with E-state index in [9.17, 15) is 19.0 Å². The number of ether oxygens (including phenoxy) is 1. The Bertz CT molecular complexity index is 663. The normalized spacial score (nSPS) is 19.4. The van der Waals surface area contributed by atoms with Crippen LogP contribution in [0.1, 0.15) is 30.1 Å². The van der Waals surface area contributed by atoms with Crippen molar-refractivity contribution < 1.29 is 23.7 Å². The molecule has 2 atom stereocenters. The van der Waals surface area contributed by atoms with Gasteiger partial charge in [0.15, 0.2) is 0 Å². The topological polar surface area (TPSA) is 52.9 Å². The number of likely N-dealkylation sites (tertiary alicyclic amines) is 1. The van der Waals surface area contributed by atoms with Gasteiger partial charge in [0.25, 0.3) is 0 Å². The van der Waals surface area contributed by atoms with Crippen LogP contribution in [0, 0.1) is 11.6 Å². The number of β-amino-alcohol motifs (C(OH)–C–C–N with tert-alkyl or cyclic N) is 2. The molecule has 2 aromatic carbocycles. The lowest BCUT2D eigenvalue weighted by Crippen LogP contribution is -2.43. The first-order valence-electron chi connectivity index (χ1n) is 9.22. The zero-order valence-electron chi connectivity index (χ0n) is 15.1. The molecule has 0 aromatic heterocycles. The molecule has 0 bridgehead atoms. The molecule has 146 valence electrons. The van der Waals surface area contributed by atoms with Crippen molar-refractivity contribution in [1.29, 1.82) is 0 Å². The van der Waals surface area contributed by atoms with Crippen LogP contribution in [0.2, 0.25) is 0 Å². The number of piperidine rings is 1. The summed E-state index contributed by atoms with van der Waals surface area (Å²) in [6.45, 7) is 1.88. The Hall–Kier alpha value is -1.86. The molecule has 1 aliphatic heterocycles. The zero-order valence-corrected chi connectivity index (χ0v) is 15.1. The van der Waals surface area contributed by atoms with Gasteiger partial charge in [-0.25, -0.2) is 8.78 Å². The van der Waals surface area contributed by atoms with Crippen LogP contribution in [0.4, 0.5) is 8.78 Å². The Morgan fingerprint density at radius 2 is 1.56 bits per heavy atom. The molecule has 2 aromatic rings. The second-order valence-electron chi connectivity index (χ2n) is 7.03. The molecular formula is C21H25F2NO3. The van der Waals surface area contributed by atoms with Crippen LogP contribution in [0.15, 0.2) is 48.5 Å². The molecule has 2 N–H and O–H groups in total. The Kier molecular flexibility index (Phi) is 6.90. The first-order chi connectivity index (χ1) is 13.0. The van der Waals surface area contributed by atoms with Gasteiger partial charge in [-0.2, -0.15) is 0 Å². The molecule has 1 heterocycles. The van der Waals surface area contributed by atoms with E-state index in [1.165, 1.54) is 24.3 Å². The maximum atomic E-state index is 13.3. The van der Waals surface area contributed by atoms with Gasteiger partial charge in [0.1, 0.15) is 17.7 Å². The fraction of sp³-hybridized carbons (Fsp3) is 0.429. The number of aliphatic hydroxyl groups excluding tert-OH is 2. The highest BCUT2D eigenvalue weighted by molar-refractivity contribution is 5.30. The third kappa shape index (κ3) is 5.81. The van der Waals surface area contributed by atoms with Crippen molar-refractivity contribution in [2.45, 2.75) is 31.2 Å². The summed E-state index contributed by atoms with van der Waals surface area (Å²) in [6, 6.07) is 11.9. The number of halogens is 2. The van der Waals surface area contributed by atoms with Gasteiger partial charge in [0.2, 0.25) is 0 Å². The zero-order chi connectivity index (χ0) is 19.2. The van der Waals surface area contributed by atoms with Crippen molar-refractivity contribution in [3.8, 4) is 0 Å². The molecule has 3 rings (SSSR count). The summed E-state index contributed by atoms with van der Waals surface area (Å²) in [5.41, 5.74) is 1.45. The van der Waals surface area contributed by atoms with Crippen molar-refractivity contribution in [1.82, 2.24) is 4.90 Å². The second-order valence-corrected chi connectivity index (χ2v) is 7.03. The highest BCUT2D eigenvalue weighted by Gasteiger charge is 2.22. The number of hydrogen-bond acceptors (Lipinski definition) is 4. The standard InChI is InChI=1S/C21H25F2NO3/c22-17-7-3-15(4-8-17)21(16-5-9-18(23)10-6-16)27-14-20(26)13-24-11-1-2-19(25)12-24/h3-10,19-21,25-26H,1-2,11-14H2/t19-,20-/m1/s1. The van der Waals surface area contributed by atoms with E-state index in [0.717, 1.165) is 30.5 Å². The van der Waals surface area contributed by atoms with Crippen molar-refractivity contribution in [3.05, 3.63) is 71.3 Å². The van der Waals surface area contributed by atoms with Gasteiger partial charge in [0, 0.05) is 13.1 Å². The van der Waals surface area contributed by atoms with Gasteiger partial charge >= 0.3 is 0 Å². The lowest BCUT2D eigenvalue weighted by atomic mass is 10.0. The monoisotopic (exact) mass is 377 g/mol. The first-order valence-corrected chi connectivity index (χ1v) is 9.22. The minimum Gasteiger partial charge on any atom is -0.392 e. The summed E-state index contributed by atoms with van der Waals surface area (Å²) in [7, 11) is 0. The van der Waals surface area contributed by atoms with E-state index in [1.807, 2.05) is 4.90 Å². The van der Waals surface area contributed by atoms with Crippen LogP contribution in [0.25, 0.3) is 0 Å². The number of hydrogen-bond donors (Lipinski definition) is 2. The predicted octanol–water partition coefficient (Wildman–Crippen LogP) is 2.89. The Labute approximate surface area is 158 Å². The molecule has 0 amide bonds. The van der Waals surface area contributed by atoms with E-state index < -0.39 is 12.2 Å². The van der Waals surface area contributed by atoms with Crippen molar-refractivity contribution in [2.24, 2.45) is 0 Å². The Morgan fingerprint density at radius 3 is 2.07 bits per heavy atom. The molecule has 0 unspecified atom stereocenters. The Balaban J connectivity index is 1.66. The molecule has 0 spiro atoms. The summed E-state index contributed by atoms with van der Waals surface area (Å²) in [5, 5.41) is 20.1. The number of aliphatic hydroxyl groups is 2. The molecule has 1 saturated heterocycles. The molecule has 0 aliphatic carbocycles. The number of benzene rings is 2. The summed E-state index contributed by atoms with van der Waals surface area (Å²) in [4.78, 5) is 2.02. The third-order valence-corrected chi connectivity index (χ3v) is 4.75. The van der Waals surface area contributed by atoms with E-state index in [-0.39, 0.29) is 24.3 Å². The molecule has 0 saturated carbocycles. The largest absolute Gasteiger partial charge is 0.392 e. The van der Waals surface area contributed by atoms with Crippen molar-refractivity contribution in [3.63, 3.8) is 0 Å². The molecular weight excluding hydrogens is 352 g/mol. The van der Waals surface area contributed by atoms with Crippen LogP contribution in [0.5, 0.6) is 0 Å². The van der Waals surface area contributed by atoms with Crippen LogP contribution in [0.3, 0.4) is 0 Å². The Morgan fingerprint density at radius 1 is 1.00 bits per heavy atom. The van der Waals surface area contributed by atoms with Crippen LogP contribution in [-0.2, 0) is 4.74 Å². The van der Waals surface area contributed by atoms with E-state index in [1.54, 1.807) is 24.3 Å².